The summed E-state index contributed by atoms with van der Waals surface area (Å²) in [6, 6.07) is 6.14. The van der Waals surface area contributed by atoms with E-state index < -0.39 is 0 Å². The molecule has 0 aliphatic rings. The number of hydrogen-bond donors (Lipinski definition) is 1. The molecule has 0 amide bonds. The van der Waals surface area contributed by atoms with Crippen LogP contribution in [0, 0.1) is 5.82 Å². The lowest BCUT2D eigenvalue weighted by molar-refractivity contribution is 0.627. The van der Waals surface area contributed by atoms with Gasteiger partial charge in [0, 0.05) is 6.42 Å². The van der Waals surface area contributed by atoms with Crippen molar-refractivity contribution in [1.29, 1.82) is 0 Å². The summed E-state index contributed by atoms with van der Waals surface area (Å²) in [7, 11) is 0. The molecule has 58 valence electrons. The van der Waals surface area contributed by atoms with Crippen LogP contribution in [0.4, 0.5) is 4.39 Å². The molecule has 1 rings (SSSR count). The maximum atomic E-state index is 12.4. The summed E-state index contributed by atoms with van der Waals surface area (Å²) in [5.74, 6) is -0.239. The molecule has 0 bridgehead atoms. The zero-order valence-electron chi connectivity index (χ0n) is 5.88. The number of hydrogen-bond acceptors (Lipinski definition) is 1. The van der Waals surface area contributed by atoms with Gasteiger partial charge in [-0.25, -0.2) is 4.39 Å². The van der Waals surface area contributed by atoms with Gasteiger partial charge in [0.05, 0.1) is 4.99 Å². The highest BCUT2D eigenvalue weighted by molar-refractivity contribution is 7.80. The van der Waals surface area contributed by atoms with Crippen molar-refractivity contribution in [1.82, 2.24) is 0 Å². The molecule has 0 saturated carbocycles. The Balaban J connectivity index is 2.74. The Morgan fingerprint density at radius 3 is 2.36 bits per heavy atom. The van der Waals surface area contributed by atoms with Crippen LogP contribution in [-0.2, 0) is 6.42 Å². The average molecular weight is 169 g/mol. The molecule has 1 nitrogen and oxygen atoms in total. The largest absolute Gasteiger partial charge is 0.393 e. The molecular weight excluding hydrogens is 161 g/mol. The standard InChI is InChI=1S/C8H8FNS/c9-7-3-1-6(2-4-7)5-8(10)11/h1-4H,5H2,(H2,10,11). The first-order valence-corrected chi connectivity index (χ1v) is 3.62. The third-order valence-corrected chi connectivity index (χ3v) is 1.44. The molecule has 0 aromatic heterocycles. The second-order valence-electron chi connectivity index (χ2n) is 2.27. The Labute approximate surface area is 70.0 Å². The van der Waals surface area contributed by atoms with E-state index in [-0.39, 0.29) is 5.82 Å². The summed E-state index contributed by atoms with van der Waals surface area (Å²) in [6.07, 6.45) is 0.537. The lowest BCUT2D eigenvalue weighted by Crippen LogP contribution is -2.10. The van der Waals surface area contributed by atoms with Crippen LogP contribution in [0.5, 0.6) is 0 Å². The van der Waals surface area contributed by atoms with Gasteiger partial charge in [0.25, 0.3) is 0 Å². The molecule has 11 heavy (non-hydrogen) atoms. The third kappa shape index (κ3) is 2.63. The molecule has 0 atom stereocenters. The molecule has 3 heteroatoms. The predicted molar refractivity (Wildman–Crippen MR) is 46.9 cm³/mol. The van der Waals surface area contributed by atoms with Crippen LogP contribution >= 0.6 is 12.2 Å². The third-order valence-electron chi connectivity index (χ3n) is 1.29. The van der Waals surface area contributed by atoms with E-state index in [4.69, 9.17) is 18.0 Å². The van der Waals surface area contributed by atoms with Crippen molar-refractivity contribution in [2.45, 2.75) is 6.42 Å². The molecule has 0 heterocycles. The summed E-state index contributed by atoms with van der Waals surface area (Å²) in [6.45, 7) is 0. The number of thiocarbonyl (C=S) groups is 1. The van der Waals surface area contributed by atoms with Crippen molar-refractivity contribution in [3.63, 3.8) is 0 Å². The van der Waals surface area contributed by atoms with Crippen molar-refractivity contribution in [3.8, 4) is 0 Å². The molecule has 0 aliphatic heterocycles. The smallest absolute Gasteiger partial charge is 0.123 e. The molecule has 2 N–H and O–H groups in total. The molecule has 0 spiro atoms. The zero-order valence-corrected chi connectivity index (χ0v) is 6.70. The van der Waals surface area contributed by atoms with Crippen LogP contribution in [0.15, 0.2) is 24.3 Å². The maximum Gasteiger partial charge on any atom is 0.123 e. The lowest BCUT2D eigenvalue weighted by atomic mass is 10.1. The van der Waals surface area contributed by atoms with Gasteiger partial charge in [-0.15, -0.1) is 0 Å². The molecule has 0 fully saturated rings. The fraction of sp³-hybridized carbons (Fsp3) is 0.125. The Morgan fingerprint density at radius 2 is 1.91 bits per heavy atom. The molecule has 1 aromatic rings. The first kappa shape index (κ1) is 8.14. The van der Waals surface area contributed by atoms with Gasteiger partial charge in [0.1, 0.15) is 5.82 Å². The molecular formula is C8H8FNS. The number of nitrogens with two attached hydrogens (primary N) is 1. The topological polar surface area (TPSA) is 26.0 Å². The average Bonchev–Trinajstić information content (AvgIpc) is 1.93. The number of benzene rings is 1. The minimum absolute atomic E-state index is 0.239. The first-order valence-electron chi connectivity index (χ1n) is 3.21. The summed E-state index contributed by atoms with van der Waals surface area (Å²) in [5.41, 5.74) is 6.24. The van der Waals surface area contributed by atoms with Gasteiger partial charge in [-0.2, -0.15) is 0 Å². The minimum atomic E-state index is -0.239. The molecule has 1 aromatic carbocycles. The van der Waals surface area contributed by atoms with Crippen LogP contribution in [-0.4, -0.2) is 4.99 Å². The van der Waals surface area contributed by atoms with E-state index in [1.807, 2.05) is 0 Å². The van der Waals surface area contributed by atoms with E-state index in [2.05, 4.69) is 0 Å². The molecule has 0 aliphatic carbocycles. The van der Waals surface area contributed by atoms with Crippen LogP contribution < -0.4 is 5.73 Å². The summed E-state index contributed by atoms with van der Waals surface area (Å²) in [5, 5.41) is 0. The van der Waals surface area contributed by atoms with Gasteiger partial charge in [-0.3, -0.25) is 0 Å². The van der Waals surface area contributed by atoms with Crippen molar-refractivity contribution >= 4 is 17.2 Å². The quantitative estimate of drug-likeness (QED) is 0.681. The lowest BCUT2D eigenvalue weighted by Gasteiger charge is -1.97. The second-order valence-corrected chi connectivity index (χ2v) is 2.79. The van der Waals surface area contributed by atoms with Crippen molar-refractivity contribution in [2.75, 3.05) is 0 Å². The van der Waals surface area contributed by atoms with Gasteiger partial charge in [0.2, 0.25) is 0 Å². The van der Waals surface area contributed by atoms with Crippen molar-refractivity contribution in [3.05, 3.63) is 35.6 Å². The van der Waals surface area contributed by atoms with E-state index >= 15 is 0 Å². The Hall–Kier alpha value is -0.960. The molecule has 0 unspecified atom stereocenters. The summed E-state index contributed by atoms with van der Waals surface area (Å²) >= 11 is 4.69. The van der Waals surface area contributed by atoms with Crippen LogP contribution in [0.2, 0.25) is 0 Å². The summed E-state index contributed by atoms with van der Waals surface area (Å²) in [4.78, 5) is 0.427. The monoisotopic (exact) mass is 169 g/mol. The van der Waals surface area contributed by atoms with E-state index in [0.717, 1.165) is 5.56 Å². The second kappa shape index (κ2) is 3.44. The first-order chi connectivity index (χ1) is 5.18. The van der Waals surface area contributed by atoms with E-state index in [0.29, 0.717) is 11.4 Å². The maximum absolute atomic E-state index is 12.4. The van der Waals surface area contributed by atoms with Crippen molar-refractivity contribution < 1.29 is 4.39 Å². The highest BCUT2D eigenvalue weighted by atomic mass is 32.1. The number of halogens is 1. The van der Waals surface area contributed by atoms with Gasteiger partial charge >= 0.3 is 0 Å². The normalized spacial score (nSPS) is 9.55. The van der Waals surface area contributed by atoms with Crippen molar-refractivity contribution in [2.24, 2.45) is 5.73 Å². The Kier molecular flexibility index (Phi) is 2.54. The van der Waals surface area contributed by atoms with Gasteiger partial charge < -0.3 is 5.73 Å². The van der Waals surface area contributed by atoms with Gasteiger partial charge in [-0.05, 0) is 17.7 Å². The summed E-state index contributed by atoms with van der Waals surface area (Å²) < 4.78 is 12.4. The Morgan fingerprint density at radius 1 is 1.36 bits per heavy atom. The fourth-order valence-corrected chi connectivity index (χ4v) is 0.970. The minimum Gasteiger partial charge on any atom is -0.393 e. The van der Waals surface area contributed by atoms with E-state index in [1.165, 1.54) is 12.1 Å². The number of rotatable bonds is 2. The van der Waals surface area contributed by atoms with Crippen LogP contribution in [0.25, 0.3) is 0 Å². The van der Waals surface area contributed by atoms with Gasteiger partial charge in [-0.1, -0.05) is 24.4 Å². The SMILES string of the molecule is NC(=S)Cc1ccc(F)cc1. The van der Waals surface area contributed by atoms with E-state index in [1.54, 1.807) is 12.1 Å². The van der Waals surface area contributed by atoms with Crippen LogP contribution in [0.1, 0.15) is 5.56 Å². The molecule has 0 saturated heterocycles. The van der Waals surface area contributed by atoms with E-state index in [9.17, 15) is 4.39 Å². The molecule has 0 radical (unpaired) electrons. The van der Waals surface area contributed by atoms with Gasteiger partial charge in [0.15, 0.2) is 0 Å². The highest BCUT2D eigenvalue weighted by Gasteiger charge is 1.94. The predicted octanol–water partition coefficient (Wildman–Crippen LogP) is 1.65. The van der Waals surface area contributed by atoms with Crippen LogP contribution in [0.3, 0.4) is 0 Å². The zero-order chi connectivity index (χ0) is 8.27. The Bertz CT molecular complexity index is 255. The fourth-order valence-electron chi connectivity index (χ4n) is 0.803. The highest BCUT2D eigenvalue weighted by Crippen LogP contribution is 2.02.